The van der Waals surface area contributed by atoms with E-state index in [9.17, 15) is 0 Å². The van der Waals surface area contributed by atoms with Crippen molar-refractivity contribution < 1.29 is 119 Å². The fourth-order valence-corrected chi connectivity index (χ4v) is 4.34. The van der Waals surface area contributed by atoms with E-state index >= 15 is 0 Å². The van der Waals surface area contributed by atoms with Crippen molar-refractivity contribution in [1.82, 2.24) is 20.0 Å². The summed E-state index contributed by atoms with van der Waals surface area (Å²) in [5.41, 5.74) is 2.32. The van der Waals surface area contributed by atoms with E-state index in [1.165, 1.54) is 41.9 Å². The van der Waals surface area contributed by atoms with E-state index in [0.717, 1.165) is 38.2 Å². The molecular weight excluding hydrogens is 698 g/mol. The molecule has 7 nitrogen and oxygen atoms in total. The van der Waals surface area contributed by atoms with Crippen molar-refractivity contribution in [2.45, 2.75) is 32.2 Å². The van der Waals surface area contributed by atoms with Crippen LogP contribution in [0.4, 0.5) is 0 Å². The van der Waals surface area contributed by atoms with E-state index in [0.29, 0.717) is 0 Å². The number of carbonyl (C=O) groups excluding carboxylic acids is 1. The Hall–Kier alpha value is 1.52. The van der Waals surface area contributed by atoms with Crippen LogP contribution in [0.15, 0.2) is 57.7 Å². The normalized spacial score (nSPS) is 13.5. The second kappa shape index (κ2) is 18.7. The van der Waals surface area contributed by atoms with Gasteiger partial charge in [0.05, 0.1) is 23.4 Å². The Labute approximate surface area is 316 Å². The van der Waals surface area contributed by atoms with Gasteiger partial charge in [-0.25, -0.2) is 0 Å². The number of carbonyl (C=O) groups is 1. The van der Waals surface area contributed by atoms with Gasteiger partial charge in [-0.05, 0) is 73.9 Å². The van der Waals surface area contributed by atoms with Gasteiger partial charge in [-0.2, -0.15) is 10.2 Å². The van der Waals surface area contributed by atoms with Gasteiger partial charge < -0.3 is 11.6 Å². The number of benzene rings is 2. The zero-order chi connectivity index (χ0) is 23.6. The second-order valence-corrected chi connectivity index (χ2v) is 10.3. The third kappa shape index (κ3) is 12.9. The maximum absolute atomic E-state index is 8.64. The van der Waals surface area contributed by atoms with Crippen molar-refractivity contribution in [1.29, 1.82) is 0 Å². The Balaban J connectivity index is 0.000000492. The average molecular weight is 723 g/mol. The molecule has 2 aliphatic carbocycles. The molecule has 0 spiro atoms. The van der Waals surface area contributed by atoms with E-state index in [1.54, 1.807) is 6.20 Å². The van der Waals surface area contributed by atoms with Crippen molar-refractivity contribution >= 4 is 76.1 Å². The van der Waals surface area contributed by atoms with Crippen LogP contribution in [0.5, 0.6) is 0 Å². The molecule has 2 fully saturated rings. The molecule has 0 bridgehead atoms. The van der Waals surface area contributed by atoms with Gasteiger partial charge in [0.2, 0.25) is 0 Å². The SMILES string of the molecule is BrCC1CC1.Brc1ccc2[nH]ncc2c1.Brc1ccc2c(cnn2CC2CC2)c1.O=CO[O-].[H-].[K+].[K+]. The molecule has 0 atom stereocenters. The van der Waals surface area contributed by atoms with Gasteiger partial charge >= 0.3 is 103 Å². The average Bonchev–Trinajstić information content (AvgIpc) is 3.75. The van der Waals surface area contributed by atoms with E-state index in [4.69, 9.17) is 10.1 Å². The minimum Gasteiger partial charge on any atom is -1.00 e. The molecule has 4 aromatic rings. The first-order valence-corrected chi connectivity index (χ1v) is 13.2. The molecule has 178 valence electrons. The first-order chi connectivity index (χ1) is 16.0. The molecule has 35 heavy (non-hydrogen) atoms. The molecule has 2 heterocycles. The number of fused-ring (bicyclic) bond motifs is 2. The maximum Gasteiger partial charge on any atom is 1.00 e. The number of nitrogens with zero attached hydrogens (tertiary/aromatic N) is 3. The Kier molecular flexibility index (Phi) is 18.5. The Morgan fingerprint density at radius 3 is 2.17 bits per heavy atom. The standard InChI is InChI=1S/C11H11BrN2.C7H5BrN2.C4H7Br.CH2O3.2K.H/c12-10-3-4-11-9(5-10)6-13-14(11)7-8-1-2-8;8-6-1-2-7-5(3-6)4-9-10-7;5-3-4-1-2-4;2-1-4-3;;;/h3-6,8H,1-2,7H2;1-4H,(H,9,10);4H,1-3H2;1,3H;;;/q;;;;2*+1;-1/p-1. The zero-order valence-electron chi connectivity index (χ0n) is 20.8. The number of rotatable bonds is 4. The number of hydrogen-bond acceptors (Lipinski definition) is 5. The largest absolute Gasteiger partial charge is 1.00 e. The van der Waals surface area contributed by atoms with E-state index in [1.807, 2.05) is 24.4 Å². The minimum absolute atomic E-state index is 0. The van der Waals surface area contributed by atoms with Crippen LogP contribution >= 0.6 is 47.8 Å². The Morgan fingerprint density at radius 2 is 1.63 bits per heavy atom. The smallest absolute Gasteiger partial charge is 1.00 e. The maximum atomic E-state index is 8.64. The number of aromatic amines is 1. The van der Waals surface area contributed by atoms with Gasteiger partial charge in [0, 0.05) is 31.6 Å². The van der Waals surface area contributed by atoms with Crippen LogP contribution in [0.1, 0.15) is 27.1 Å². The minimum atomic E-state index is -0.181. The van der Waals surface area contributed by atoms with Crippen molar-refractivity contribution in [2.24, 2.45) is 11.8 Å². The van der Waals surface area contributed by atoms with Crippen LogP contribution < -0.4 is 108 Å². The summed E-state index contributed by atoms with van der Waals surface area (Å²) in [5.74, 6) is 1.93. The number of aromatic nitrogens is 4. The molecule has 0 saturated heterocycles. The molecule has 2 aliphatic rings. The molecule has 2 aromatic carbocycles. The van der Waals surface area contributed by atoms with Gasteiger partial charge in [-0.3, -0.25) is 14.6 Å². The molecule has 0 aliphatic heterocycles. The first-order valence-electron chi connectivity index (χ1n) is 10.5. The van der Waals surface area contributed by atoms with Crippen LogP contribution in [-0.4, -0.2) is 31.8 Å². The molecule has 0 amide bonds. The van der Waals surface area contributed by atoms with E-state index in [2.05, 4.69) is 90.9 Å². The summed E-state index contributed by atoms with van der Waals surface area (Å²) >= 11 is 10.2. The molecule has 2 saturated carbocycles. The molecular formula is C23H25Br3K2N4O3. The van der Waals surface area contributed by atoms with Gasteiger partial charge in [-0.15, -0.1) is 0 Å². The first kappa shape index (κ1) is 34.6. The van der Waals surface area contributed by atoms with Crippen LogP contribution in [0, 0.1) is 11.8 Å². The van der Waals surface area contributed by atoms with Gasteiger partial charge in [0.15, 0.2) is 0 Å². The number of halogens is 3. The summed E-state index contributed by atoms with van der Waals surface area (Å²) < 4.78 is 4.33. The van der Waals surface area contributed by atoms with Crippen LogP contribution in [0.3, 0.4) is 0 Å². The zero-order valence-corrected chi connectivity index (χ0v) is 30.8. The number of alkyl halides is 1. The second-order valence-electron chi connectivity index (χ2n) is 7.86. The summed E-state index contributed by atoms with van der Waals surface area (Å²) in [7, 11) is 0. The molecule has 0 radical (unpaired) electrons. The summed E-state index contributed by atoms with van der Waals surface area (Å²) in [4.78, 5) is 11.2. The molecule has 0 unspecified atom stereocenters. The van der Waals surface area contributed by atoms with Gasteiger partial charge in [0.1, 0.15) is 0 Å². The van der Waals surface area contributed by atoms with Gasteiger partial charge in [-0.1, -0.05) is 47.8 Å². The fourth-order valence-electron chi connectivity index (χ4n) is 2.93. The Morgan fingerprint density at radius 1 is 1.03 bits per heavy atom. The molecule has 2 aromatic heterocycles. The van der Waals surface area contributed by atoms with Gasteiger partial charge in [0.25, 0.3) is 6.47 Å². The predicted octanol–water partition coefficient (Wildman–Crippen LogP) is -0.119. The van der Waals surface area contributed by atoms with Crippen LogP contribution in [0.25, 0.3) is 21.8 Å². The third-order valence-corrected chi connectivity index (χ3v) is 6.99. The fraction of sp³-hybridized carbons (Fsp3) is 0.348. The van der Waals surface area contributed by atoms with Crippen molar-refractivity contribution in [2.75, 3.05) is 5.33 Å². The monoisotopic (exact) mass is 720 g/mol. The van der Waals surface area contributed by atoms with Crippen molar-refractivity contribution in [3.8, 4) is 0 Å². The van der Waals surface area contributed by atoms with Crippen molar-refractivity contribution in [3.63, 3.8) is 0 Å². The quantitative estimate of drug-likeness (QED) is 0.104. The summed E-state index contributed by atoms with van der Waals surface area (Å²) in [6, 6.07) is 12.3. The van der Waals surface area contributed by atoms with E-state index < -0.39 is 0 Å². The molecule has 12 heteroatoms. The molecule has 6 rings (SSSR count). The third-order valence-electron chi connectivity index (χ3n) is 5.09. The summed E-state index contributed by atoms with van der Waals surface area (Å²) in [5, 5.41) is 23.2. The number of nitrogens with one attached hydrogen (secondary N) is 1. The van der Waals surface area contributed by atoms with E-state index in [-0.39, 0.29) is 111 Å². The topological polar surface area (TPSA) is 95.9 Å². The number of hydrogen-bond donors (Lipinski definition) is 1. The summed E-state index contributed by atoms with van der Waals surface area (Å²) in [6.07, 6.45) is 9.43. The van der Waals surface area contributed by atoms with Crippen LogP contribution in [0.2, 0.25) is 0 Å². The van der Waals surface area contributed by atoms with Crippen LogP contribution in [-0.2, 0) is 16.2 Å². The molecule has 1 N–H and O–H groups in total. The summed E-state index contributed by atoms with van der Waals surface area (Å²) in [6.45, 7) is 0.908. The Bertz CT molecular complexity index is 1170. The predicted molar refractivity (Wildman–Crippen MR) is 139 cm³/mol. The van der Waals surface area contributed by atoms with Crippen molar-refractivity contribution in [3.05, 3.63) is 57.7 Å². The number of H-pyrrole nitrogens is 1.